The van der Waals surface area contributed by atoms with Gasteiger partial charge in [-0.1, -0.05) is 23.7 Å². The van der Waals surface area contributed by atoms with E-state index < -0.39 is 0 Å². The second kappa shape index (κ2) is 13.9. The van der Waals surface area contributed by atoms with E-state index in [9.17, 15) is 4.39 Å². The van der Waals surface area contributed by atoms with Gasteiger partial charge in [0.2, 0.25) is 0 Å². The van der Waals surface area contributed by atoms with Crippen LogP contribution in [0.15, 0.2) is 36.4 Å². The number of halogens is 4. The van der Waals surface area contributed by atoms with Gasteiger partial charge in [-0.2, -0.15) is 0 Å². The van der Waals surface area contributed by atoms with Gasteiger partial charge in [-0.25, -0.2) is 4.39 Å². The lowest BCUT2D eigenvalue weighted by atomic mass is 10.2. The fourth-order valence-corrected chi connectivity index (χ4v) is 2.79. The summed E-state index contributed by atoms with van der Waals surface area (Å²) in [6.45, 7) is 2.98. The van der Waals surface area contributed by atoms with Gasteiger partial charge in [0, 0.05) is 6.54 Å². The molecule has 4 nitrogen and oxygen atoms in total. The smallest absolute Gasteiger partial charge is 0.180 e. The molecule has 0 saturated heterocycles. The van der Waals surface area contributed by atoms with Gasteiger partial charge in [0.25, 0.3) is 0 Å². The maximum Gasteiger partial charge on any atom is 0.180 e. The number of hydrogen-bond donors (Lipinski definition) is 1. The minimum Gasteiger partial charge on any atom is -0.493 e. The molecule has 0 spiro atoms. The third-order valence-electron chi connectivity index (χ3n) is 3.87. The lowest BCUT2D eigenvalue weighted by Gasteiger charge is -2.15. The van der Waals surface area contributed by atoms with Crippen LogP contribution in [-0.4, -0.2) is 39.2 Å². The Morgan fingerprint density at radius 3 is 2.36 bits per heavy atom. The molecule has 1 N–H and O–H groups in total. The maximum absolute atomic E-state index is 13.0. The Hall–Kier alpha value is -1.24. The average molecular weight is 454 g/mol. The molecule has 0 aromatic heterocycles. The summed E-state index contributed by atoms with van der Waals surface area (Å²) in [7, 11) is 5.72. The monoisotopic (exact) mass is 452 g/mol. The molecule has 2 aromatic rings. The van der Waals surface area contributed by atoms with E-state index in [-0.39, 0.29) is 30.6 Å². The van der Waals surface area contributed by atoms with E-state index in [2.05, 4.69) is 24.3 Å². The molecule has 0 unspecified atom stereocenters. The van der Waals surface area contributed by atoms with Crippen molar-refractivity contribution in [2.75, 3.05) is 34.3 Å². The standard InChI is InChI=1S/C20H26ClFN2O2.2ClH/c1-24(2)10-4-9-23-13-16-11-18(21)20(19(12-16)25-3)26-14-15-5-7-17(22)8-6-15;;/h5-8,11-12,23H,4,9-10,13-14H2,1-3H3;2*1H. The van der Waals surface area contributed by atoms with Crippen molar-refractivity contribution < 1.29 is 13.9 Å². The summed E-state index contributed by atoms with van der Waals surface area (Å²) in [6, 6.07) is 9.97. The number of methoxy groups -OCH3 is 1. The van der Waals surface area contributed by atoms with E-state index in [0.29, 0.717) is 29.7 Å². The zero-order valence-corrected chi connectivity index (χ0v) is 18.7. The van der Waals surface area contributed by atoms with Crippen LogP contribution in [0, 0.1) is 5.82 Å². The quantitative estimate of drug-likeness (QED) is 0.516. The molecule has 0 saturated carbocycles. The lowest BCUT2D eigenvalue weighted by Crippen LogP contribution is -2.21. The zero-order valence-electron chi connectivity index (χ0n) is 16.3. The van der Waals surface area contributed by atoms with Gasteiger partial charge in [0.15, 0.2) is 11.5 Å². The first-order valence-electron chi connectivity index (χ1n) is 8.58. The van der Waals surface area contributed by atoms with Crippen LogP contribution in [0.5, 0.6) is 11.5 Å². The Labute approximate surface area is 184 Å². The molecule has 28 heavy (non-hydrogen) atoms. The van der Waals surface area contributed by atoms with E-state index in [1.807, 2.05) is 12.1 Å². The maximum atomic E-state index is 13.0. The molecular weight excluding hydrogens is 426 g/mol. The van der Waals surface area contributed by atoms with Crippen LogP contribution in [0.4, 0.5) is 4.39 Å². The first-order chi connectivity index (χ1) is 12.5. The Morgan fingerprint density at radius 2 is 1.75 bits per heavy atom. The highest BCUT2D eigenvalue weighted by Crippen LogP contribution is 2.37. The Balaban J connectivity index is 0.00000364. The minimum atomic E-state index is -0.271. The Morgan fingerprint density at radius 1 is 1.07 bits per heavy atom. The highest BCUT2D eigenvalue weighted by Gasteiger charge is 2.12. The van der Waals surface area contributed by atoms with Crippen LogP contribution < -0.4 is 14.8 Å². The summed E-state index contributed by atoms with van der Waals surface area (Å²) in [6.07, 6.45) is 1.08. The summed E-state index contributed by atoms with van der Waals surface area (Å²) < 4.78 is 24.2. The van der Waals surface area contributed by atoms with Crippen LogP contribution in [0.1, 0.15) is 17.5 Å². The molecule has 0 radical (unpaired) electrons. The average Bonchev–Trinajstić information content (AvgIpc) is 2.61. The van der Waals surface area contributed by atoms with Crippen molar-refractivity contribution in [2.45, 2.75) is 19.6 Å². The lowest BCUT2D eigenvalue weighted by molar-refractivity contribution is 0.284. The Kier molecular flexibility index (Phi) is 13.2. The van der Waals surface area contributed by atoms with Gasteiger partial charge >= 0.3 is 0 Å². The van der Waals surface area contributed by atoms with Crippen molar-refractivity contribution >= 4 is 36.4 Å². The predicted molar refractivity (Wildman–Crippen MR) is 118 cm³/mol. The summed E-state index contributed by atoms with van der Waals surface area (Å²) in [5, 5.41) is 3.90. The highest BCUT2D eigenvalue weighted by atomic mass is 35.5. The number of benzene rings is 2. The molecule has 0 amide bonds. The fraction of sp³-hybridized carbons (Fsp3) is 0.400. The van der Waals surface area contributed by atoms with Crippen LogP contribution in [0.2, 0.25) is 5.02 Å². The molecule has 8 heteroatoms. The zero-order chi connectivity index (χ0) is 18.9. The van der Waals surface area contributed by atoms with Gasteiger partial charge in [-0.05, 0) is 69.0 Å². The van der Waals surface area contributed by atoms with Gasteiger partial charge in [0.1, 0.15) is 12.4 Å². The van der Waals surface area contributed by atoms with Crippen molar-refractivity contribution in [1.82, 2.24) is 10.2 Å². The van der Waals surface area contributed by atoms with Crippen LogP contribution >= 0.6 is 36.4 Å². The molecule has 2 rings (SSSR count). The van der Waals surface area contributed by atoms with Crippen molar-refractivity contribution in [3.63, 3.8) is 0 Å². The molecule has 0 aliphatic heterocycles. The number of ether oxygens (including phenoxy) is 2. The minimum absolute atomic E-state index is 0. The summed E-state index contributed by atoms with van der Waals surface area (Å²) in [5.41, 5.74) is 1.89. The Bertz CT molecular complexity index is 701. The largest absolute Gasteiger partial charge is 0.493 e. The van der Waals surface area contributed by atoms with Crippen LogP contribution in [0.25, 0.3) is 0 Å². The molecule has 0 heterocycles. The van der Waals surface area contributed by atoms with Crippen molar-refractivity contribution in [3.8, 4) is 11.5 Å². The third kappa shape index (κ3) is 8.84. The van der Waals surface area contributed by atoms with Crippen molar-refractivity contribution in [1.29, 1.82) is 0 Å². The number of nitrogens with one attached hydrogen (secondary N) is 1. The molecule has 0 fully saturated rings. The van der Waals surface area contributed by atoms with E-state index in [1.165, 1.54) is 12.1 Å². The summed E-state index contributed by atoms with van der Waals surface area (Å²) in [4.78, 5) is 2.16. The molecule has 0 aliphatic rings. The van der Waals surface area contributed by atoms with Gasteiger partial charge in [-0.3, -0.25) is 0 Å². The molecule has 2 aromatic carbocycles. The fourth-order valence-electron chi connectivity index (χ4n) is 2.50. The van der Waals surface area contributed by atoms with E-state index >= 15 is 0 Å². The van der Waals surface area contributed by atoms with Gasteiger partial charge in [0.05, 0.1) is 12.1 Å². The molecule has 0 bridgehead atoms. The van der Waals surface area contributed by atoms with E-state index in [1.54, 1.807) is 19.2 Å². The highest BCUT2D eigenvalue weighted by molar-refractivity contribution is 6.32. The van der Waals surface area contributed by atoms with Gasteiger partial charge in [-0.15, -0.1) is 24.8 Å². The number of rotatable bonds is 10. The second-order valence-corrected chi connectivity index (χ2v) is 6.76. The molecule has 158 valence electrons. The van der Waals surface area contributed by atoms with Crippen molar-refractivity contribution in [2.24, 2.45) is 0 Å². The van der Waals surface area contributed by atoms with Crippen LogP contribution in [0.3, 0.4) is 0 Å². The summed E-state index contributed by atoms with van der Waals surface area (Å²) >= 11 is 6.39. The summed E-state index contributed by atoms with van der Waals surface area (Å²) in [5.74, 6) is 0.811. The van der Waals surface area contributed by atoms with E-state index in [4.69, 9.17) is 21.1 Å². The number of nitrogens with zero attached hydrogens (tertiary/aromatic N) is 1. The first kappa shape index (κ1) is 26.8. The number of hydrogen-bond acceptors (Lipinski definition) is 4. The van der Waals surface area contributed by atoms with E-state index in [0.717, 1.165) is 30.6 Å². The second-order valence-electron chi connectivity index (χ2n) is 6.36. The first-order valence-corrected chi connectivity index (χ1v) is 8.96. The van der Waals surface area contributed by atoms with Gasteiger partial charge < -0.3 is 19.7 Å². The topological polar surface area (TPSA) is 33.7 Å². The predicted octanol–water partition coefficient (Wildman–Crippen LogP) is 4.95. The molecule has 0 atom stereocenters. The van der Waals surface area contributed by atoms with Crippen LogP contribution in [-0.2, 0) is 13.2 Å². The molecular formula is C20H28Cl3FN2O2. The molecule has 0 aliphatic carbocycles. The SMILES string of the molecule is COc1cc(CNCCCN(C)C)cc(Cl)c1OCc1ccc(F)cc1.Cl.Cl. The third-order valence-corrected chi connectivity index (χ3v) is 4.15. The normalized spacial score (nSPS) is 10.2. The van der Waals surface area contributed by atoms with Crippen molar-refractivity contribution in [3.05, 3.63) is 58.4 Å².